The molecule has 0 aliphatic carbocycles. The summed E-state index contributed by atoms with van der Waals surface area (Å²) in [7, 11) is 1.40. The molecule has 3 aromatic carbocycles. The Morgan fingerprint density at radius 2 is 1.57 bits per heavy atom. The molecule has 0 aliphatic rings. The summed E-state index contributed by atoms with van der Waals surface area (Å²) in [5.41, 5.74) is 6.67. The molecule has 0 amide bonds. The van der Waals surface area contributed by atoms with Gasteiger partial charge in [0.15, 0.2) is 0 Å². The highest BCUT2D eigenvalue weighted by Crippen LogP contribution is 2.38. The van der Waals surface area contributed by atoms with Crippen LogP contribution in [0.2, 0.25) is 0 Å². The average molecular weight is 307 g/mol. The number of esters is 1. The standard InChI is InChI=1S/C20H21NO2/c1-20(2,19(22)23-3)18(21)17-12-13-8-4-5-9-14(13)15-10-6-7-11-16(15)17/h4-12,18H,21H2,1-3H3/t18-/m0/s1. The number of fused-ring (bicyclic) bond motifs is 3. The Morgan fingerprint density at radius 1 is 1.00 bits per heavy atom. The summed E-state index contributed by atoms with van der Waals surface area (Å²) < 4.78 is 4.94. The number of nitrogens with two attached hydrogens (primary N) is 1. The Bertz CT molecular complexity index is 883. The zero-order valence-electron chi connectivity index (χ0n) is 13.7. The Labute approximate surface area is 136 Å². The smallest absolute Gasteiger partial charge is 0.313 e. The minimum absolute atomic E-state index is 0.303. The van der Waals surface area contributed by atoms with Crippen molar-refractivity contribution in [3.8, 4) is 0 Å². The maximum atomic E-state index is 12.1. The molecule has 0 bridgehead atoms. The van der Waals surface area contributed by atoms with Gasteiger partial charge in [-0.2, -0.15) is 0 Å². The van der Waals surface area contributed by atoms with Crippen LogP contribution in [0.4, 0.5) is 0 Å². The highest BCUT2D eigenvalue weighted by atomic mass is 16.5. The predicted octanol–water partition coefficient (Wildman–Crippen LogP) is 4.19. The average Bonchev–Trinajstić information content (AvgIpc) is 2.59. The highest BCUT2D eigenvalue weighted by molar-refractivity contribution is 6.09. The van der Waals surface area contributed by atoms with E-state index in [0.717, 1.165) is 21.7 Å². The molecule has 2 N–H and O–H groups in total. The third-order valence-electron chi connectivity index (χ3n) is 4.62. The first-order valence-corrected chi connectivity index (χ1v) is 7.71. The Morgan fingerprint density at radius 3 is 2.22 bits per heavy atom. The normalized spacial score (nSPS) is 13.2. The number of ether oxygens (including phenoxy) is 1. The first-order chi connectivity index (χ1) is 11.0. The lowest BCUT2D eigenvalue weighted by Crippen LogP contribution is -2.37. The molecular weight excluding hydrogens is 286 g/mol. The van der Waals surface area contributed by atoms with Crippen molar-refractivity contribution in [3.05, 3.63) is 60.2 Å². The molecule has 3 aromatic rings. The van der Waals surface area contributed by atoms with Crippen molar-refractivity contribution in [2.24, 2.45) is 11.1 Å². The second kappa shape index (κ2) is 5.67. The predicted molar refractivity (Wildman–Crippen MR) is 94.2 cm³/mol. The van der Waals surface area contributed by atoms with Gasteiger partial charge in [-0.3, -0.25) is 4.79 Å². The van der Waals surface area contributed by atoms with Gasteiger partial charge >= 0.3 is 5.97 Å². The van der Waals surface area contributed by atoms with Crippen LogP contribution in [-0.4, -0.2) is 13.1 Å². The number of benzene rings is 3. The van der Waals surface area contributed by atoms with Crippen molar-refractivity contribution in [2.45, 2.75) is 19.9 Å². The summed E-state index contributed by atoms with van der Waals surface area (Å²) in [6.45, 7) is 3.65. The van der Waals surface area contributed by atoms with E-state index in [2.05, 4.69) is 30.3 Å². The molecule has 23 heavy (non-hydrogen) atoms. The van der Waals surface area contributed by atoms with Crippen LogP contribution in [0.15, 0.2) is 54.6 Å². The zero-order valence-corrected chi connectivity index (χ0v) is 13.7. The highest BCUT2D eigenvalue weighted by Gasteiger charge is 2.37. The summed E-state index contributed by atoms with van der Waals surface area (Å²) in [5.74, 6) is -0.303. The molecule has 3 rings (SSSR count). The summed E-state index contributed by atoms with van der Waals surface area (Å²) in [6, 6.07) is 18.0. The molecule has 3 heteroatoms. The van der Waals surface area contributed by atoms with Crippen LogP contribution in [0.3, 0.4) is 0 Å². The minimum Gasteiger partial charge on any atom is -0.469 e. The van der Waals surface area contributed by atoms with Crippen molar-refractivity contribution in [2.75, 3.05) is 7.11 Å². The third kappa shape index (κ3) is 2.47. The van der Waals surface area contributed by atoms with Gasteiger partial charge in [-0.25, -0.2) is 0 Å². The van der Waals surface area contributed by atoms with Gasteiger partial charge in [0, 0.05) is 6.04 Å². The molecule has 3 nitrogen and oxygen atoms in total. The van der Waals surface area contributed by atoms with Crippen molar-refractivity contribution in [1.82, 2.24) is 0 Å². The molecule has 0 saturated carbocycles. The molecule has 0 unspecified atom stereocenters. The van der Waals surface area contributed by atoms with Gasteiger partial charge in [-0.1, -0.05) is 48.5 Å². The van der Waals surface area contributed by atoms with Crippen LogP contribution >= 0.6 is 0 Å². The van der Waals surface area contributed by atoms with Crippen LogP contribution < -0.4 is 5.73 Å². The van der Waals surface area contributed by atoms with E-state index in [0.29, 0.717) is 0 Å². The first kappa shape index (κ1) is 15.5. The monoisotopic (exact) mass is 307 g/mol. The van der Waals surface area contributed by atoms with Gasteiger partial charge in [0.25, 0.3) is 0 Å². The number of rotatable bonds is 3. The molecule has 118 valence electrons. The largest absolute Gasteiger partial charge is 0.469 e. The van der Waals surface area contributed by atoms with Crippen molar-refractivity contribution in [3.63, 3.8) is 0 Å². The van der Waals surface area contributed by atoms with Gasteiger partial charge in [0.2, 0.25) is 0 Å². The van der Waals surface area contributed by atoms with Crippen molar-refractivity contribution < 1.29 is 9.53 Å². The Hall–Kier alpha value is -2.39. The van der Waals surface area contributed by atoms with Gasteiger partial charge in [-0.05, 0) is 47.0 Å². The Kier molecular flexibility index (Phi) is 3.82. The minimum atomic E-state index is -0.806. The van der Waals surface area contributed by atoms with Gasteiger partial charge in [0.05, 0.1) is 12.5 Å². The topological polar surface area (TPSA) is 52.3 Å². The maximum absolute atomic E-state index is 12.1. The lowest BCUT2D eigenvalue weighted by atomic mass is 9.79. The molecular formula is C20H21NO2. The molecule has 0 heterocycles. The van der Waals surface area contributed by atoms with Crippen LogP contribution in [-0.2, 0) is 9.53 Å². The van der Waals surface area contributed by atoms with Crippen LogP contribution in [0.5, 0.6) is 0 Å². The van der Waals surface area contributed by atoms with Crippen molar-refractivity contribution >= 4 is 27.5 Å². The molecule has 0 saturated heterocycles. The lowest BCUT2D eigenvalue weighted by molar-refractivity contribution is -0.152. The van der Waals surface area contributed by atoms with Gasteiger partial charge in [-0.15, -0.1) is 0 Å². The van der Waals surface area contributed by atoms with Gasteiger partial charge in [0.1, 0.15) is 0 Å². The van der Waals surface area contributed by atoms with E-state index >= 15 is 0 Å². The zero-order chi connectivity index (χ0) is 16.6. The van der Waals surface area contributed by atoms with Crippen LogP contribution in [0.25, 0.3) is 21.5 Å². The van der Waals surface area contributed by atoms with E-state index in [-0.39, 0.29) is 5.97 Å². The molecule has 1 atom stereocenters. The quantitative estimate of drug-likeness (QED) is 0.583. The number of hydrogen-bond acceptors (Lipinski definition) is 3. The fraction of sp³-hybridized carbons (Fsp3) is 0.250. The molecule has 0 aliphatic heterocycles. The van der Waals surface area contributed by atoms with E-state index in [1.54, 1.807) is 0 Å². The van der Waals surface area contributed by atoms with Crippen LogP contribution in [0.1, 0.15) is 25.5 Å². The SMILES string of the molecule is COC(=O)C(C)(C)[C@@H](N)c1cc2ccccc2c2ccccc12. The Balaban J connectivity index is 2.29. The maximum Gasteiger partial charge on any atom is 0.313 e. The number of carbonyl (C=O) groups excluding carboxylic acids is 1. The van der Waals surface area contributed by atoms with Crippen LogP contribution in [0, 0.1) is 5.41 Å². The summed E-state index contributed by atoms with van der Waals surface area (Å²) >= 11 is 0. The fourth-order valence-corrected chi connectivity index (χ4v) is 3.12. The lowest BCUT2D eigenvalue weighted by Gasteiger charge is -2.30. The molecule has 0 radical (unpaired) electrons. The molecule has 0 spiro atoms. The number of methoxy groups -OCH3 is 1. The second-order valence-electron chi connectivity index (χ2n) is 6.42. The van der Waals surface area contributed by atoms with E-state index < -0.39 is 11.5 Å². The summed E-state index contributed by atoms with van der Waals surface area (Å²) in [4.78, 5) is 12.1. The van der Waals surface area contributed by atoms with Crippen molar-refractivity contribution in [1.29, 1.82) is 0 Å². The first-order valence-electron chi connectivity index (χ1n) is 7.71. The summed E-state index contributed by atoms with van der Waals surface area (Å²) in [6.07, 6.45) is 0. The molecule has 0 aromatic heterocycles. The van der Waals surface area contributed by atoms with E-state index in [1.807, 2.05) is 38.1 Å². The fourth-order valence-electron chi connectivity index (χ4n) is 3.12. The third-order valence-corrected chi connectivity index (χ3v) is 4.62. The molecule has 0 fully saturated rings. The van der Waals surface area contributed by atoms with E-state index in [1.165, 1.54) is 12.5 Å². The van der Waals surface area contributed by atoms with Gasteiger partial charge < -0.3 is 10.5 Å². The second-order valence-corrected chi connectivity index (χ2v) is 6.42. The van der Waals surface area contributed by atoms with E-state index in [4.69, 9.17) is 10.5 Å². The number of hydrogen-bond donors (Lipinski definition) is 1. The van der Waals surface area contributed by atoms with E-state index in [9.17, 15) is 4.79 Å². The summed E-state index contributed by atoms with van der Waals surface area (Å²) in [5, 5.41) is 4.54. The number of carbonyl (C=O) groups is 1.